The normalized spacial score (nSPS) is 22.4. The molecule has 0 radical (unpaired) electrons. The van der Waals surface area contributed by atoms with Crippen LogP contribution in [0.1, 0.15) is 62.0 Å². The molecular formula is C16H25N5OS. The van der Waals surface area contributed by atoms with Crippen LogP contribution >= 0.6 is 11.3 Å². The van der Waals surface area contributed by atoms with E-state index in [0.717, 1.165) is 30.1 Å². The van der Waals surface area contributed by atoms with E-state index < -0.39 is 5.60 Å². The van der Waals surface area contributed by atoms with Gasteiger partial charge in [-0.2, -0.15) is 0 Å². The van der Waals surface area contributed by atoms with Crippen molar-refractivity contribution in [3.8, 4) is 0 Å². The zero-order valence-electron chi connectivity index (χ0n) is 14.0. The summed E-state index contributed by atoms with van der Waals surface area (Å²) in [4.78, 5) is 4.52. The molecule has 0 unspecified atom stereocenters. The van der Waals surface area contributed by atoms with E-state index >= 15 is 0 Å². The van der Waals surface area contributed by atoms with Gasteiger partial charge in [0.1, 0.15) is 11.3 Å². The van der Waals surface area contributed by atoms with Gasteiger partial charge in [0.2, 0.25) is 0 Å². The average Bonchev–Trinajstić information content (AvgIpc) is 3.14. The molecule has 7 heteroatoms. The van der Waals surface area contributed by atoms with E-state index in [2.05, 4.69) is 26.0 Å². The van der Waals surface area contributed by atoms with Gasteiger partial charge in [-0.1, -0.05) is 18.1 Å². The molecule has 0 aliphatic heterocycles. The van der Waals surface area contributed by atoms with E-state index in [1.807, 2.05) is 17.8 Å². The highest BCUT2D eigenvalue weighted by Crippen LogP contribution is 2.29. The zero-order valence-corrected chi connectivity index (χ0v) is 14.8. The van der Waals surface area contributed by atoms with Crippen LogP contribution in [0.5, 0.6) is 0 Å². The Morgan fingerprint density at radius 1 is 1.39 bits per heavy atom. The van der Waals surface area contributed by atoms with Gasteiger partial charge in [0, 0.05) is 18.0 Å². The number of aliphatic hydroxyl groups is 1. The Morgan fingerprint density at radius 2 is 2.17 bits per heavy atom. The molecule has 2 N–H and O–H groups in total. The van der Waals surface area contributed by atoms with Gasteiger partial charge in [-0.25, -0.2) is 9.67 Å². The third kappa shape index (κ3) is 3.97. The van der Waals surface area contributed by atoms with E-state index in [4.69, 9.17) is 0 Å². The molecule has 0 spiro atoms. The molecular weight excluding hydrogens is 310 g/mol. The van der Waals surface area contributed by atoms with Gasteiger partial charge in [-0.15, -0.1) is 16.4 Å². The van der Waals surface area contributed by atoms with Crippen LogP contribution in [0.15, 0.2) is 11.6 Å². The number of aryl methyl sites for hydroxylation is 1. The Labute approximate surface area is 140 Å². The molecule has 0 amide bonds. The van der Waals surface area contributed by atoms with Crippen molar-refractivity contribution in [2.24, 2.45) is 0 Å². The van der Waals surface area contributed by atoms with Gasteiger partial charge >= 0.3 is 0 Å². The summed E-state index contributed by atoms with van der Waals surface area (Å²) in [7, 11) is 0. The summed E-state index contributed by atoms with van der Waals surface area (Å²) in [5, 5.41) is 25.4. The van der Waals surface area contributed by atoms with Gasteiger partial charge in [0.25, 0.3) is 0 Å². The average molecular weight is 335 g/mol. The largest absolute Gasteiger partial charge is 0.384 e. The number of aromatic nitrogens is 4. The molecule has 23 heavy (non-hydrogen) atoms. The maximum absolute atomic E-state index is 10.1. The first-order chi connectivity index (χ1) is 10.9. The number of rotatable bonds is 5. The number of hydrogen-bond donors (Lipinski definition) is 2. The van der Waals surface area contributed by atoms with Gasteiger partial charge in [0.15, 0.2) is 0 Å². The van der Waals surface area contributed by atoms with Crippen molar-refractivity contribution in [2.75, 3.05) is 0 Å². The zero-order chi connectivity index (χ0) is 16.4. The molecule has 0 saturated heterocycles. The first kappa shape index (κ1) is 16.5. The lowest BCUT2D eigenvalue weighted by Crippen LogP contribution is -2.39. The SMILES string of the molecule is Cc1nc(CN[C@H]2CCCC[C@H]2n2cc(C(C)(C)O)nn2)cs1. The smallest absolute Gasteiger partial charge is 0.114 e. The van der Waals surface area contributed by atoms with Crippen LogP contribution in [0, 0.1) is 6.92 Å². The van der Waals surface area contributed by atoms with E-state index in [9.17, 15) is 5.11 Å². The van der Waals surface area contributed by atoms with E-state index in [1.54, 1.807) is 25.2 Å². The fourth-order valence-corrected chi connectivity index (χ4v) is 3.72. The third-order valence-corrected chi connectivity index (χ3v) is 5.24. The Bertz CT molecular complexity index is 645. The molecule has 1 aliphatic carbocycles. The second-order valence-corrected chi connectivity index (χ2v) is 7.90. The second kappa shape index (κ2) is 6.67. The molecule has 1 saturated carbocycles. The monoisotopic (exact) mass is 335 g/mol. The lowest BCUT2D eigenvalue weighted by molar-refractivity contribution is 0.0736. The highest BCUT2D eigenvalue weighted by Gasteiger charge is 2.29. The van der Waals surface area contributed by atoms with Crippen LogP contribution in [0.2, 0.25) is 0 Å². The van der Waals surface area contributed by atoms with Gasteiger partial charge in [-0.05, 0) is 33.6 Å². The maximum atomic E-state index is 10.1. The predicted octanol–water partition coefficient (Wildman–Crippen LogP) is 2.54. The first-order valence-corrected chi connectivity index (χ1v) is 9.10. The highest BCUT2D eigenvalue weighted by atomic mass is 32.1. The minimum absolute atomic E-state index is 0.284. The number of nitrogens with zero attached hydrogens (tertiary/aromatic N) is 4. The molecule has 2 aromatic rings. The van der Waals surface area contributed by atoms with Gasteiger partial charge < -0.3 is 10.4 Å². The van der Waals surface area contributed by atoms with Crippen LogP contribution in [0.4, 0.5) is 0 Å². The van der Waals surface area contributed by atoms with Gasteiger partial charge in [-0.3, -0.25) is 0 Å². The van der Waals surface area contributed by atoms with Crippen LogP contribution in [-0.2, 0) is 12.1 Å². The molecule has 3 rings (SSSR count). The van der Waals surface area contributed by atoms with Crippen molar-refractivity contribution in [2.45, 2.75) is 70.7 Å². The van der Waals surface area contributed by atoms with E-state index in [1.165, 1.54) is 12.8 Å². The van der Waals surface area contributed by atoms with Crippen molar-refractivity contribution in [1.29, 1.82) is 0 Å². The standard InChI is InChI=1S/C16H25N5OS/c1-11-18-12(10-23-11)8-17-13-6-4-5-7-14(13)21-9-15(19-20-21)16(2,3)22/h9-10,13-14,17,22H,4-8H2,1-3H3/t13-,14+/m0/s1. The van der Waals surface area contributed by atoms with Crippen molar-refractivity contribution in [3.63, 3.8) is 0 Å². The summed E-state index contributed by atoms with van der Waals surface area (Å²) in [6.45, 7) is 6.30. The van der Waals surface area contributed by atoms with Crippen molar-refractivity contribution >= 4 is 11.3 Å². The van der Waals surface area contributed by atoms with Crippen LogP contribution in [0.3, 0.4) is 0 Å². The summed E-state index contributed by atoms with van der Waals surface area (Å²) >= 11 is 1.69. The lowest BCUT2D eigenvalue weighted by atomic mass is 9.90. The van der Waals surface area contributed by atoms with Crippen molar-refractivity contribution < 1.29 is 5.11 Å². The fourth-order valence-electron chi connectivity index (χ4n) is 3.11. The Kier molecular flexibility index (Phi) is 4.79. The van der Waals surface area contributed by atoms with Crippen molar-refractivity contribution in [1.82, 2.24) is 25.3 Å². The van der Waals surface area contributed by atoms with Crippen molar-refractivity contribution in [3.05, 3.63) is 28.0 Å². The summed E-state index contributed by atoms with van der Waals surface area (Å²) in [6.07, 6.45) is 6.54. The fraction of sp³-hybridized carbons (Fsp3) is 0.688. The minimum atomic E-state index is -0.950. The molecule has 0 aromatic carbocycles. The summed E-state index contributed by atoms with van der Waals surface area (Å²) in [5.74, 6) is 0. The Morgan fingerprint density at radius 3 is 2.83 bits per heavy atom. The number of thiazole rings is 1. The minimum Gasteiger partial charge on any atom is -0.384 e. The second-order valence-electron chi connectivity index (χ2n) is 6.84. The Balaban J connectivity index is 1.69. The molecule has 126 valence electrons. The van der Waals surface area contributed by atoms with E-state index in [0.29, 0.717) is 11.7 Å². The summed E-state index contributed by atoms with van der Waals surface area (Å²) in [5.41, 5.74) is 0.776. The third-order valence-electron chi connectivity index (χ3n) is 4.42. The van der Waals surface area contributed by atoms with E-state index in [-0.39, 0.29) is 6.04 Å². The molecule has 0 bridgehead atoms. The molecule has 6 nitrogen and oxygen atoms in total. The van der Waals surface area contributed by atoms with Crippen LogP contribution in [0.25, 0.3) is 0 Å². The molecule has 2 aromatic heterocycles. The number of hydrogen-bond acceptors (Lipinski definition) is 6. The highest BCUT2D eigenvalue weighted by molar-refractivity contribution is 7.09. The predicted molar refractivity (Wildman–Crippen MR) is 90.3 cm³/mol. The molecule has 1 fully saturated rings. The maximum Gasteiger partial charge on any atom is 0.114 e. The first-order valence-electron chi connectivity index (χ1n) is 8.22. The molecule has 1 aliphatic rings. The van der Waals surface area contributed by atoms with Gasteiger partial charge in [0.05, 0.1) is 22.9 Å². The molecule has 2 atom stereocenters. The molecule has 2 heterocycles. The quantitative estimate of drug-likeness (QED) is 0.878. The van der Waals surface area contributed by atoms with Crippen LogP contribution < -0.4 is 5.32 Å². The summed E-state index contributed by atoms with van der Waals surface area (Å²) < 4.78 is 1.93. The number of nitrogens with one attached hydrogen (secondary N) is 1. The topological polar surface area (TPSA) is 75.9 Å². The van der Waals surface area contributed by atoms with Crippen LogP contribution in [-0.4, -0.2) is 31.1 Å². The lowest BCUT2D eigenvalue weighted by Gasteiger charge is -2.32. The Hall–Kier alpha value is -1.31. The summed E-state index contributed by atoms with van der Waals surface area (Å²) in [6, 6.07) is 0.647.